The van der Waals surface area contributed by atoms with E-state index in [2.05, 4.69) is 22.2 Å². The molecule has 3 nitrogen and oxygen atoms in total. The van der Waals surface area contributed by atoms with Gasteiger partial charge in [-0.05, 0) is 0 Å². The largest absolute Gasteiger partial charge is 0.261 e. The third-order valence-corrected chi connectivity index (χ3v) is 3.06. The third-order valence-electron chi connectivity index (χ3n) is 1.92. The summed E-state index contributed by atoms with van der Waals surface area (Å²) in [6, 6.07) is 10.1. The molecule has 2 aromatic rings. The average Bonchev–Trinajstić information content (AvgIpc) is 2.61. The maximum Gasteiger partial charge on any atom is 0.202 e. The summed E-state index contributed by atoms with van der Waals surface area (Å²) in [7, 11) is 3.69. The minimum absolute atomic E-state index is 0.934. The maximum absolute atomic E-state index is 4.39. The lowest BCUT2D eigenvalue weighted by atomic mass is 10.2. The molecule has 0 aliphatic rings. The second-order valence-corrected chi connectivity index (χ2v) is 3.86. The third kappa shape index (κ3) is 1.61. The minimum Gasteiger partial charge on any atom is -0.261 e. The SMILES string of the molecule is CN=c1sc(-c2ccccc2)nn1C. The summed E-state index contributed by atoms with van der Waals surface area (Å²) >= 11 is 1.60. The predicted octanol–water partition coefficient (Wildman–Crippen LogP) is 1.68. The molecule has 0 atom stereocenters. The van der Waals surface area contributed by atoms with Gasteiger partial charge in [0.15, 0.2) is 0 Å². The Balaban J connectivity index is 2.54. The molecule has 0 saturated heterocycles. The van der Waals surface area contributed by atoms with Gasteiger partial charge in [-0.1, -0.05) is 41.7 Å². The number of rotatable bonds is 1. The van der Waals surface area contributed by atoms with E-state index in [0.29, 0.717) is 0 Å². The van der Waals surface area contributed by atoms with Crippen molar-refractivity contribution in [2.45, 2.75) is 0 Å². The summed E-state index contributed by atoms with van der Waals surface area (Å²) in [5.74, 6) is 0. The van der Waals surface area contributed by atoms with Gasteiger partial charge >= 0.3 is 0 Å². The molecule has 0 saturated carbocycles. The Labute approximate surface area is 86.4 Å². The molecular formula is C10H11N3S. The van der Waals surface area contributed by atoms with Crippen molar-refractivity contribution in [3.8, 4) is 10.6 Å². The Bertz CT molecular complexity index is 482. The van der Waals surface area contributed by atoms with Crippen LogP contribution in [0, 0.1) is 0 Å². The molecule has 72 valence electrons. The van der Waals surface area contributed by atoms with Crippen molar-refractivity contribution in [2.24, 2.45) is 12.0 Å². The van der Waals surface area contributed by atoms with Crippen molar-refractivity contribution in [1.82, 2.24) is 9.78 Å². The first kappa shape index (κ1) is 9.15. The second-order valence-electron chi connectivity index (χ2n) is 2.90. The standard InChI is InChI=1S/C10H11N3S/c1-11-10-13(2)12-9(14-10)8-6-4-3-5-7-8/h3-7H,1-2H3. The molecule has 0 amide bonds. The van der Waals surface area contributed by atoms with Crippen LogP contribution in [0.25, 0.3) is 10.6 Å². The number of nitrogens with zero attached hydrogens (tertiary/aromatic N) is 3. The predicted molar refractivity (Wildman–Crippen MR) is 58.0 cm³/mol. The summed E-state index contributed by atoms with van der Waals surface area (Å²) in [6.07, 6.45) is 0. The number of hydrogen-bond donors (Lipinski definition) is 0. The fourth-order valence-corrected chi connectivity index (χ4v) is 2.09. The number of benzene rings is 1. The zero-order chi connectivity index (χ0) is 9.97. The summed E-state index contributed by atoms with van der Waals surface area (Å²) < 4.78 is 1.80. The first-order valence-corrected chi connectivity index (χ1v) is 5.15. The molecule has 0 radical (unpaired) electrons. The van der Waals surface area contributed by atoms with Gasteiger partial charge in [0, 0.05) is 19.7 Å². The second kappa shape index (κ2) is 3.75. The Kier molecular flexibility index (Phi) is 2.45. The molecule has 0 aliphatic carbocycles. The smallest absolute Gasteiger partial charge is 0.202 e. The van der Waals surface area contributed by atoms with Crippen molar-refractivity contribution in [2.75, 3.05) is 7.05 Å². The van der Waals surface area contributed by atoms with Crippen LogP contribution < -0.4 is 4.80 Å². The Morgan fingerprint density at radius 2 is 2.00 bits per heavy atom. The lowest BCUT2D eigenvalue weighted by molar-refractivity contribution is 0.729. The average molecular weight is 205 g/mol. The molecule has 2 rings (SSSR count). The monoisotopic (exact) mass is 205 g/mol. The Morgan fingerprint density at radius 1 is 1.29 bits per heavy atom. The van der Waals surface area contributed by atoms with Gasteiger partial charge in [0.05, 0.1) is 0 Å². The van der Waals surface area contributed by atoms with Crippen LogP contribution in [0.5, 0.6) is 0 Å². The van der Waals surface area contributed by atoms with E-state index in [1.165, 1.54) is 0 Å². The van der Waals surface area contributed by atoms with Crippen LogP contribution in [-0.4, -0.2) is 16.8 Å². The molecule has 1 aromatic heterocycles. The minimum atomic E-state index is 0.934. The number of hydrogen-bond acceptors (Lipinski definition) is 3. The molecule has 0 N–H and O–H groups in total. The van der Waals surface area contributed by atoms with Gasteiger partial charge in [-0.2, -0.15) is 5.10 Å². The van der Waals surface area contributed by atoms with Gasteiger partial charge in [-0.15, -0.1) is 0 Å². The normalized spacial score (nSPS) is 12.0. The van der Waals surface area contributed by atoms with Gasteiger partial charge in [0.1, 0.15) is 5.01 Å². The summed E-state index contributed by atoms with van der Waals surface area (Å²) in [6.45, 7) is 0. The fraction of sp³-hybridized carbons (Fsp3) is 0.200. The van der Waals surface area contributed by atoms with Crippen molar-refractivity contribution >= 4 is 11.3 Å². The highest BCUT2D eigenvalue weighted by Gasteiger charge is 2.02. The van der Waals surface area contributed by atoms with Crippen LogP contribution in [0.3, 0.4) is 0 Å². The van der Waals surface area contributed by atoms with Gasteiger partial charge in [0.25, 0.3) is 0 Å². The van der Waals surface area contributed by atoms with Crippen LogP contribution in [-0.2, 0) is 7.05 Å². The van der Waals surface area contributed by atoms with E-state index in [0.717, 1.165) is 15.4 Å². The lowest BCUT2D eigenvalue weighted by Gasteiger charge is -1.91. The first-order valence-electron chi connectivity index (χ1n) is 4.33. The fourth-order valence-electron chi connectivity index (χ4n) is 1.24. The summed E-state index contributed by atoms with van der Waals surface area (Å²) in [4.78, 5) is 5.07. The van der Waals surface area contributed by atoms with E-state index in [1.54, 1.807) is 23.1 Å². The van der Waals surface area contributed by atoms with Gasteiger partial charge in [-0.3, -0.25) is 4.99 Å². The highest BCUT2D eigenvalue weighted by molar-refractivity contribution is 7.12. The van der Waals surface area contributed by atoms with Crippen LogP contribution in [0.2, 0.25) is 0 Å². The Hall–Kier alpha value is -1.42. The molecule has 1 heterocycles. The zero-order valence-electron chi connectivity index (χ0n) is 8.14. The topological polar surface area (TPSA) is 30.2 Å². The summed E-state index contributed by atoms with van der Waals surface area (Å²) in [5.41, 5.74) is 1.14. The molecule has 0 unspecified atom stereocenters. The van der Waals surface area contributed by atoms with Crippen molar-refractivity contribution in [3.63, 3.8) is 0 Å². The van der Waals surface area contributed by atoms with E-state index in [1.807, 2.05) is 25.2 Å². The summed E-state index contributed by atoms with van der Waals surface area (Å²) in [5, 5.41) is 5.40. The van der Waals surface area contributed by atoms with Crippen LogP contribution in [0.1, 0.15) is 0 Å². The number of aromatic nitrogens is 2. The Morgan fingerprint density at radius 3 is 2.57 bits per heavy atom. The molecule has 0 spiro atoms. The zero-order valence-corrected chi connectivity index (χ0v) is 8.95. The van der Waals surface area contributed by atoms with E-state index < -0.39 is 0 Å². The maximum atomic E-state index is 4.39. The van der Waals surface area contributed by atoms with Gasteiger partial charge < -0.3 is 0 Å². The van der Waals surface area contributed by atoms with Crippen LogP contribution >= 0.6 is 11.3 Å². The van der Waals surface area contributed by atoms with Crippen LogP contribution in [0.15, 0.2) is 35.3 Å². The molecule has 0 fully saturated rings. The molecular weight excluding hydrogens is 194 g/mol. The molecule has 0 aliphatic heterocycles. The molecule has 4 heteroatoms. The molecule has 14 heavy (non-hydrogen) atoms. The van der Waals surface area contributed by atoms with E-state index >= 15 is 0 Å². The highest BCUT2D eigenvalue weighted by Crippen LogP contribution is 2.17. The van der Waals surface area contributed by atoms with Crippen molar-refractivity contribution in [3.05, 3.63) is 35.1 Å². The quantitative estimate of drug-likeness (QED) is 0.696. The number of aryl methyl sites for hydroxylation is 1. The lowest BCUT2D eigenvalue weighted by Crippen LogP contribution is -2.10. The van der Waals surface area contributed by atoms with E-state index in [4.69, 9.17) is 0 Å². The van der Waals surface area contributed by atoms with E-state index in [-0.39, 0.29) is 0 Å². The molecule has 1 aromatic carbocycles. The van der Waals surface area contributed by atoms with Crippen molar-refractivity contribution in [1.29, 1.82) is 0 Å². The van der Waals surface area contributed by atoms with Gasteiger partial charge in [-0.25, -0.2) is 4.68 Å². The molecule has 0 bridgehead atoms. The van der Waals surface area contributed by atoms with Crippen LogP contribution in [0.4, 0.5) is 0 Å². The van der Waals surface area contributed by atoms with Gasteiger partial charge in [0.2, 0.25) is 4.80 Å². The van der Waals surface area contributed by atoms with Crippen molar-refractivity contribution < 1.29 is 0 Å². The van der Waals surface area contributed by atoms with E-state index in [9.17, 15) is 0 Å². The first-order chi connectivity index (χ1) is 6.81. The highest BCUT2D eigenvalue weighted by atomic mass is 32.1.